The van der Waals surface area contributed by atoms with E-state index in [1.165, 1.54) is 19.3 Å². The van der Waals surface area contributed by atoms with Crippen molar-refractivity contribution in [1.82, 2.24) is 16.0 Å². The van der Waals surface area contributed by atoms with Crippen LogP contribution in [0, 0.1) is 5.92 Å². The third kappa shape index (κ3) is 11.1. The van der Waals surface area contributed by atoms with E-state index < -0.39 is 0 Å². The van der Waals surface area contributed by atoms with Crippen molar-refractivity contribution in [2.45, 2.75) is 57.4 Å². The highest BCUT2D eigenvalue weighted by Gasteiger charge is 2.15. The Bertz CT molecular complexity index is 425. The average molecular weight is 496 g/mol. The Morgan fingerprint density at radius 3 is 2.56 bits per heavy atom. The molecule has 158 valence electrons. The maximum Gasteiger partial charge on any atom is 0.239 e. The zero-order valence-corrected chi connectivity index (χ0v) is 19.0. The lowest BCUT2D eigenvalue weighted by Gasteiger charge is -2.23. The van der Waals surface area contributed by atoms with Crippen LogP contribution in [0.1, 0.15) is 51.4 Å². The third-order valence-corrected chi connectivity index (χ3v) is 5.06. The number of amides is 1. The van der Waals surface area contributed by atoms with Crippen LogP contribution in [-0.2, 0) is 14.3 Å². The fourth-order valence-corrected chi connectivity index (χ4v) is 3.45. The summed E-state index contributed by atoms with van der Waals surface area (Å²) in [6.45, 7) is 4.34. The van der Waals surface area contributed by atoms with Crippen LogP contribution in [0.5, 0.6) is 0 Å². The van der Waals surface area contributed by atoms with Gasteiger partial charge in [-0.25, -0.2) is 0 Å². The molecule has 2 fully saturated rings. The number of carbonyl (C=O) groups is 1. The standard InChI is InChI=1S/C19H36N4O3.HI/c1-20-19(22-14-18(24)23-17-6-3-2-4-7-17)21-10-5-11-26-15-16-8-12-25-13-9-16;/h16-17H,2-15H2,1H3,(H,23,24)(H2,20,21,22);1H. The quantitative estimate of drug-likeness (QED) is 0.197. The number of rotatable bonds is 9. The molecular formula is C19H37IN4O3. The van der Waals surface area contributed by atoms with Gasteiger partial charge < -0.3 is 25.4 Å². The van der Waals surface area contributed by atoms with Crippen molar-refractivity contribution in [1.29, 1.82) is 0 Å². The summed E-state index contributed by atoms with van der Waals surface area (Å²) in [5, 5.41) is 9.40. The number of carbonyl (C=O) groups excluding carboxylic acids is 1. The molecule has 0 aromatic rings. The van der Waals surface area contributed by atoms with E-state index >= 15 is 0 Å². The fraction of sp³-hybridized carbons (Fsp3) is 0.895. The minimum Gasteiger partial charge on any atom is -0.381 e. The first-order valence-corrected chi connectivity index (χ1v) is 10.2. The van der Waals surface area contributed by atoms with Gasteiger partial charge in [0.25, 0.3) is 0 Å². The lowest BCUT2D eigenvalue weighted by atomic mass is 9.95. The summed E-state index contributed by atoms with van der Waals surface area (Å²) in [5.74, 6) is 1.35. The van der Waals surface area contributed by atoms with Crippen molar-refractivity contribution in [3.05, 3.63) is 0 Å². The molecule has 1 aliphatic heterocycles. The zero-order chi connectivity index (χ0) is 18.5. The van der Waals surface area contributed by atoms with Crippen LogP contribution >= 0.6 is 24.0 Å². The molecule has 3 N–H and O–H groups in total. The number of halogens is 1. The molecule has 1 saturated heterocycles. The molecule has 2 rings (SSSR count). The maximum atomic E-state index is 12.0. The van der Waals surface area contributed by atoms with Crippen LogP contribution in [0.15, 0.2) is 4.99 Å². The molecule has 1 heterocycles. The lowest BCUT2D eigenvalue weighted by Crippen LogP contribution is -2.46. The maximum absolute atomic E-state index is 12.0. The molecule has 0 aromatic heterocycles. The second-order valence-corrected chi connectivity index (χ2v) is 7.24. The van der Waals surface area contributed by atoms with Crippen molar-refractivity contribution in [2.24, 2.45) is 10.9 Å². The molecule has 1 amide bonds. The second-order valence-electron chi connectivity index (χ2n) is 7.24. The van der Waals surface area contributed by atoms with E-state index in [-0.39, 0.29) is 36.4 Å². The first-order chi connectivity index (χ1) is 12.8. The fourth-order valence-electron chi connectivity index (χ4n) is 3.45. The van der Waals surface area contributed by atoms with E-state index in [1.54, 1.807) is 7.05 Å². The number of hydrogen-bond acceptors (Lipinski definition) is 4. The SMILES string of the molecule is CN=C(NCCCOCC1CCOCC1)NCC(=O)NC1CCCCC1.I. The first-order valence-electron chi connectivity index (χ1n) is 10.2. The molecule has 2 aliphatic rings. The van der Waals surface area contributed by atoms with Crippen LogP contribution in [0.3, 0.4) is 0 Å². The van der Waals surface area contributed by atoms with Gasteiger partial charge in [-0.2, -0.15) is 0 Å². The van der Waals surface area contributed by atoms with E-state index in [0.29, 0.717) is 17.9 Å². The van der Waals surface area contributed by atoms with E-state index in [2.05, 4.69) is 20.9 Å². The molecule has 27 heavy (non-hydrogen) atoms. The third-order valence-electron chi connectivity index (χ3n) is 5.06. The Morgan fingerprint density at radius 2 is 1.85 bits per heavy atom. The van der Waals surface area contributed by atoms with Gasteiger partial charge in [-0.15, -0.1) is 24.0 Å². The van der Waals surface area contributed by atoms with E-state index in [1.807, 2.05) is 0 Å². The summed E-state index contributed by atoms with van der Waals surface area (Å²) in [4.78, 5) is 16.2. The summed E-state index contributed by atoms with van der Waals surface area (Å²) in [5.41, 5.74) is 0. The number of guanidine groups is 1. The molecule has 0 bridgehead atoms. The van der Waals surface area contributed by atoms with E-state index in [0.717, 1.165) is 65.1 Å². The topological polar surface area (TPSA) is 84.0 Å². The smallest absolute Gasteiger partial charge is 0.239 e. The second kappa shape index (κ2) is 15.3. The van der Waals surface area contributed by atoms with Gasteiger partial charge in [-0.3, -0.25) is 9.79 Å². The number of aliphatic imine (C=N–C) groups is 1. The van der Waals surface area contributed by atoms with Crippen LogP contribution in [-0.4, -0.2) is 64.5 Å². The minimum atomic E-state index is 0. The Labute approximate surface area is 180 Å². The predicted molar refractivity (Wildman–Crippen MR) is 119 cm³/mol. The Hall–Kier alpha value is -0.610. The predicted octanol–water partition coefficient (Wildman–Crippen LogP) is 2.05. The van der Waals surface area contributed by atoms with Crippen molar-refractivity contribution in [3.8, 4) is 0 Å². The Morgan fingerprint density at radius 1 is 1.11 bits per heavy atom. The number of ether oxygens (including phenoxy) is 2. The van der Waals surface area contributed by atoms with E-state index in [9.17, 15) is 4.79 Å². The molecule has 1 saturated carbocycles. The van der Waals surface area contributed by atoms with Crippen molar-refractivity contribution in [3.63, 3.8) is 0 Å². The average Bonchev–Trinajstić information content (AvgIpc) is 2.68. The molecule has 8 heteroatoms. The van der Waals surface area contributed by atoms with Gasteiger partial charge in [0.05, 0.1) is 6.54 Å². The van der Waals surface area contributed by atoms with Gasteiger partial charge in [-0.1, -0.05) is 19.3 Å². The van der Waals surface area contributed by atoms with Crippen LogP contribution in [0.2, 0.25) is 0 Å². The van der Waals surface area contributed by atoms with Crippen LogP contribution in [0.25, 0.3) is 0 Å². The lowest BCUT2D eigenvalue weighted by molar-refractivity contribution is -0.120. The Kier molecular flexibility index (Phi) is 13.9. The molecule has 1 aliphatic carbocycles. The van der Waals surface area contributed by atoms with E-state index in [4.69, 9.17) is 9.47 Å². The largest absolute Gasteiger partial charge is 0.381 e. The summed E-state index contributed by atoms with van der Waals surface area (Å²) < 4.78 is 11.1. The molecule has 7 nitrogen and oxygen atoms in total. The van der Waals surface area contributed by atoms with Crippen molar-refractivity contribution >= 4 is 35.8 Å². The molecule has 0 radical (unpaired) electrons. The summed E-state index contributed by atoms with van der Waals surface area (Å²) in [6, 6.07) is 0.348. The van der Waals surface area contributed by atoms with Gasteiger partial charge in [0.1, 0.15) is 0 Å². The van der Waals surface area contributed by atoms with Crippen molar-refractivity contribution in [2.75, 3.05) is 46.6 Å². The summed E-state index contributed by atoms with van der Waals surface area (Å²) in [7, 11) is 1.72. The van der Waals surface area contributed by atoms with Gasteiger partial charge >= 0.3 is 0 Å². The van der Waals surface area contributed by atoms with Crippen LogP contribution in [0.4, 0.5) is 0 Å². The monoisotopic (exact) mass is 496 g/mol. The van der Waals surface area contributed by atoms with Gasteiger partial charge in [0.15, 0.2) is 5.96 Å². The van der Waals surface area contributed by atoms with Gasteiger partial charge in [0, 0.05) is 46.1 Å². The van der Waals surface area contributed by atoms with Gasteiger partial charge in [0.2, 0.25) is 5.91 Å². The number of hydrogen-bond donors (Lipinski definition) is 3. The molecule has 0 unspecified atom stereocenters. The molecule has 0 aromatic carbocycles. The zero-order valence-electron chi connectivity index (χ0n) is 16.6. The highest BCUT2D eigenvalue weighted by Crippen LogP contribution is 2.17. The van der Waals surface area contributed by atoms with Gasteiger partial charge in [-0.05, 0) is 38.0 Å². The number of nitrogens with one attached hydrogen (secondary N) is 3. The summed E-state index contributed by atoms with van der Waals surface area (Å²) >= 11 is 0. The molecular weight excluding hydrogens is 459 g/mol. The highest BCUT2D eigenvalue weighted by molar-refractivity contribution is 14.0. The van der Waals surface area contributed by atoms with Crippen molar-refractivity contribution < 1.29 is 14.3 Å². The molecule has 0 spiro atoms. The Balaban J connectivity index is 0.00000364. The highest BCUT2D eigenvalue weighted by atomic mass is 127. The molecule has 0 atom stereocenters. The normalized spacial score (nSPS) is 19.2. The minimum absolute atomic E-state index is 0. The first kappa shape index (κ1) is 24.4. The summed E-state index contributed by atoms with van der Waals surface area (Å²) in [6.07, 6.45) is 9.07. The number of nitrogens with zero attached hydrogens (tertiary/aromatic N) is 1. The van der Waals surface area contributed by atoms with Crippen LogP contribution < -0.4 is 16.0 Å².